The van der Waals surface area contributed by atoms with E-state index in [1.807, 2.05) is 30.2 Å². The summed E-state index contributed by atoms with van der Waals surface area (Å²) < 4.78 is 0. The van der Waals surface area contributed by atoms with Crippen LogP contribution in [0.2, 0.25) is 15.1 Å². The number of fused-ring (bicyclic) bond motifs is 1. The summed E-state index contributed by atoms with van der Waals surface area (Å²) in [6.45, 7) is 4.50. The Morgan fingerprint density at radius 1 is 1.06 bits per heavy atom. The normalized spacial score (nSPS) is 16.1. The molecule has 0 bridgehead atoms. The Kier molecular flexibility index (Phi) is 7.88. The minimum atomic E-state index is -0.323. The van der Waals surface area contributed by atoms with Gasteiger partial charge in [0.15, 0.2) is 0 Å². The number of benzene rings is 2. The van der Waals surface area contributed by atoms with Crippen LogP contribution in [-0.2, 0) is 11.2 Å². The second-order valence-corrected chi connectivity index (χ2v) is 10.7. The maximum absolute atomic E-state index is 13.8. The summed E-state index contributed by atoms with van der Waals surface area (Å²) in [5.74, 6) is -0.302. The van der Waals surface area contributed by atoms with Gasteiger partial charge in [-0.05, 0) is 78.7 Å². The lowest BCUT2D eigenvalue weighted by atomic mass is 9.93. The van der Waals surface area contributed by atoms with Gasteiger partial charge < -0.3 is 9.80 Å². The van der Waals surface area contributed by atoms with Crippen LogP contribution in [0.5, 0.6) is 0 Å². The lowest BCUT2D eigenvalue weighted by Crippen LogP contribution is -2.49. The van der Waals surface area contributed by atoms with Gasteiger partial charge in [0.2, 0.25) is 5.91 Å². The highest BCUT2D eigenvalue weighted by atomic mass is 35.5. The van der Waals surface area contributed by atoms with E-state index in [9.17, 15) is 9.59 Å². The number of nitrogens with zero attached hydrogens (tertiary/aromatic N) is 2. The highest BCUT2D eigenvalue weighted by Gasteiger charge is 2.35. The first-order valence-corrected chi connectivity index (χ1v) is 13.2. The number of thiophene rings is 1. The molecule has 2 heterocycles. The summed E-state index contributed by atoms with van der Waals surface area (Å²) in [6.07, 6.45) is 1.50. The van der Waals surface area contributed by atoms with Crippen LogP contribution in [0.1, 0.15) is 52.7 Å². The minimum Gasteiger partial charge on any atom is -0.330 e. The van der Waals surface area contributed by atoms with Crippen molar-refractivity contribution in [1.82, 2.24) is 9.80 Å². The van der Waals surface area contributed by atoms with E-state index in [1.54, 1.807) is 52.6 Å². The van der Waals surface area contributed by atoms with E-state index >= 15 is 0 Å². The van der Waals surface area contributed by atoms with E-state index in [0.29, 0.717) is 27.2 Å². The standard InChI is InChI=1S/C26H25Cl3N2O2S/c1-3-16(2)31(26(33)17-4-6-18(27)7-5-17)15-24(32)30-12-10-23-21(11-13-34-23)25(30)20-9-8-19(28)14-22(20)29/h4-9,11,13-14,16,25H,3,10,12,15H2,1-2H3. The molecule has 4 rings (SSSR count). The molecule has 0 saturated heterocycles. The lowest BCUT2D eigenvalue weighted by Gasteiger charge is -2.38. The quantitative estimate of drug-likeness (QED) is 0.337. The Bertz CT molecular complexity index is 1200. The van der Waals surface area contributed by atoms with Gasteiger partial charge in [-0.2, -0.15) is 0 Å². The van der Waals surface area contributed by atoms with Crippen LogP contribution in [0.15, 0.2) is 53.9 Å². The third kappa shape index (κ3) is 5.13. The molecule has 2 atom stereocenters. The predicted molar refractivity (Wildman–Crippen MR) is 140 cm³/mol. The van der Waals surface area contributed by atoms with Crippen molar-refractivity contribution in [2.75, 3.05) is 13.1 Å². The summed E-state index contributed by atoms with van der Waals surface area (Å²) in [7, 11) is 0. The monoisotopic (exact) mass is 534 g/mol. The van der Waals surface area contributed by atoms with E-state index in [-0.39, 0.29) is 30.4 Å². The van der Waals surface area contributed by atoms with Crippen molar-refractivity contribution in [3.63, 3.8) is 0 Å². The summed E-state index contributed by atoms with van der Waals surface area (Å²) in [5, 5.41) is 3.67. The third-order valence-electron chi connectivity index (χ3n) is 6.32. The molecule has 0 N–H and O–H groups in total. The average Bonchev–Trinajstić information content (AvgIpc) is 3.31. The molecule has 1 aromatic heterocycles. The van der Waals surface area contributed by atoms with Crippen molar-refractivity contribution in [3.8, 4) is 0 Å². The van der Waals surface area contributed by atoms with Crippen LogP contribution in [0.3, 0.4) is 0 Å². The average molecular weight is 536 g/mol. The fourth-order valence-corrected chi connectivity index (χ4v) is 5.83. The molecule has 2 aromatic carbocycles. The molecule has 1 aliphatic rings. The molecule has 3 aromatic rings. The number of rotatable bonds is 6. The van der Waals surface area contributed by atoms with Crippen LogP contribution < -0.4 is 0 Å². The Morgan fingerprint density at radius 2 is 1.76 bits per heavy atom. The van der Waals surface area contributed by atoms with Crippen molar-refractivity contribution < 1.29 is 9.59 Å². The molecule has 2 unspecified atom stereocenters. The van der Waals surface area contributed by atoms with Crippen molar-refractivity contribution >= 4 is 58.0 Å². The Hall–Kier alpha value is -2.05. The molecule has 0 saturated carbocycles. The molecular weight excluding hydrogens is 511 g/mol. The van der Waals surface area contributed by atoms with Crippen molar-refractivity contribution in [3.05, 3.63) is 90.5 Å². The number of hydrogen-bond donors (Lipinski definition) is 0. The molecule has 4 nitrogen and oxygen atoms in total. The lowest BCUT2D eigenvalue weighted by molar-refractivity contribution is -0.134. The van der Waals surface area contributed by atoms with E-state index < -0.39 is 0 Å². The Morgan fingerprint density at radius 3 is 2.44 bits per heavy atom. The van der Waals surface area contributed by atoms with Crippen LogP contribution in [0, 0.1) is 0 Å². The van der Waals surface area contributed by atoms with Gasteiger partial charge in [-0.1, -0.05) is 47.8 Å². The molecule has 8 heteroatoms. The van der Waals surface area contributed by atoms with Gasteiger partial charge in [0.1, 0.15) is 6.54 Å². The van der Waals surface area contributed by atoms with Crippen molar-refractivity contribution in [2.24, 2.45) is 0 Å². The maximum Gasteiger partial charge on any atom is 0.254 e. The van der Waals surface area contributed by atoms with Gasteiger partial charge in [-0.15, -0.1) is 11.3 Å². The molecule has 0 spiro atoms. The number of hydrogen-bond acceptors (Lipinski definition) is 3. The predicted octanol–water partition coefficient (Wildman–Crippen LogP) is 7.12. The molecule has 34 heavy (non-hydrogen) atoms. The van der Waals surface area contributed by atoms with Crippen LogP contribution in [0.25, 0.3) is 0 Å². The third-order valence-corrected chi connectivity index (χ3v) is 8.13. The van der Waals surface area contributed by atoms with E-state index in [0.717, 1.165) is 24.0 Å². The first kappa shape index (κ1) is 25.1. The zero-order valence-electron chi connectivity index (χ0n) is 18.9. The molecule has 2 amide bonds. The fourth-order valence-electron chi connectivity index (χ4n) is 4.29. The zero-order chi connectivity index (χ0) is 24.4. The van der Waals surface area contributed by atoms with Gasteiger partial charge >= 0.3 is 0 Å². The Balaban J connectivity index is 1.66. The number of halogens is 3. The maximum atomic E-state index is 13.8. The topological polar surface area (TPSA) is 40.6 Å². The number of carbonyl (C=O) groups is 2. The molecule has 178 valence electrons. The highest BCUT2D eigenvalue weighted by molar-refractivity contribution is 7.10. The number of carbonyl (C=O) groups excluding carboxylic acids is 2. The Labute approximate surface area is 219 Å². The second kappa shape index (κ2) is 10.7. The van der Waals surface area contributed by atoms with Gasteiger partial charge in [-0.3, -0.25) is 9.59 Å². The van der Waals surface area contributed by atoms with E-state index in [4.69, 9.17) is 34.8 Å². The first-order valence-electron chi connectivity index (χ1n) is 11.2. The fraction of sp³-hybridized carbons (Fsp3) is 0.308. The van der Waals surface area contributed by atoms with Gasteiger partial charge in [-0.25, -0.2) is 0 Å². The highest BCUT2D eigenvalue weighted by Crippen LogP contribution is 2.41. The van der Waals surface area contributed by atoms with Crippen LogP contribution in [-0.4, -0.2) is 40.7 Å². The molecule has 0 fully saturated rings. The van der Waals surface area contributed by atoms with E-state index in [1.165, 1.54) is 4.88 Å². The summed E-state index contributed by atoms with van der Waals surface area (Å²) in [5.41, 5.74) is 2.42. The molecule has 1 aliphatic heterocycles. The van der Waals surface area contributed by atoms with Crippen molar-refractivity contribution in [2.45, 2.75) is 38.8 Å². The zero-order valence-corrected chi connectivity index (χ0v) is 22.0. The molecular formula is C26H25Cl3N2O2S. The summed E-state index contributed by atoms with van der Waals surface area (Å²) in [4.78, 5) is 31.8. The van der Waals surface area contributed by atoms with E-state index in [2.05, 4.69) is 6.07 Å². The number of amides is 2. The minimum absolute atomic E-state index is 0.0162. The summed E-state index contributed by atoms with van der Waals surface area (Å²) in [6, 6.07) is 13.8. The van der Waals surface area contributed by atoms with Gasteiger partial charge in [0.25, 0.3) is 5.91 Å². The summed E-state index contributed by atoms with van der Waals surface area (Å²) >= 11 is 20.4. The second-order valence-electron chi connectivity index (χ2n) is 8.40. The van der Waals surface area contributed by atoms with Crippen LogP contribution >= 0.6 is 46.1 Å². The largest absolute Gasteiger partial charge is 0.330 e. The SMILES string of the molecule is CCC(C)N(CC(=O)N1CCc2sccc2C1c1ccc(Cl)cc1Cl)C(=O)c1ccc(Cl)cc1. The smallest absolute Gasteiger partial charge is 0.254 e. The van der Waals surface area contributed by atoms with Gasteiger partial charge in [0.05, 0.1) is 6.04 Å². The first-order chi connectivity index (χ1) is 16.3. The van der Waals surface area contributed by atoms with Crippen molar-refractivity contribution in [1.29, 1.82) is 0 Å². The van der Waals surface area contributed by atoms with Crippen LogP contribution in [0.4, 0.5) is 0 Å². The molecule has 0 aliphatic carbocycles. The van der Waals surface area contributed by atoms with Gasteiger partial charge in [0, 0.05) is 38.1 Å². The molecule has 0 radical (unpaired) electrons.